The summed E-state index contributed by atoms with van der Waals surface area (Å²) in [6.07, 6.45) is 6.44. The number of nitrogens with zero attached hydrogens (tertiary/aromatic N) is 1. The summed E-state index contributed by atoms with van der Waals surface area (Å²) < 4.78 is 0. The van der Waals surface area contributed by atoms with Crippen LogP contribution in [0.5, 0.6) is 0 Å². The van der Waals surface area contributed by atoms with Crippen molar-refractivity contribution in [3.05, 3.63) is 35.2 Å². The van der Waals surface area contributed by atoms with Crippen molar-refractivity contribution in [2.24, 2.45) is 0 Å². The normalized spacial score (nSPS) is 16.2. The van der Waals surface area contributed by atoms with Crippen LogP contribution in [0.15, 0.2) is 23.9 Å². The molecule has 2 rings (SSSR count). The molecule has 0 atom stereocenters. The van der Waals surface area contributed by atoms with Crippen LogP contribution in [-0.4, -0.2) is 16.1 Å². The van der Waals surface area contributed by atoms with Crippen molar-refractivity contribution >= 4 is 12.0 Å². The first-order valence-corrected chi connectivity index (χ1v) is 5.60. The van der Waals surface area contributed by atoms with E-state index >= 15 is 0 Å². The first-order chi connectivity index (χ1) is 7.70. The summed E-state index contributed by atoms with van der Waals surface area (Å²) >= 11 is 0. The molecule has 3 nitrogen and oxygen atoms in total. The molecule has 1 aromatic heterocycles. The number of hydrogen-bond donors (Lipinski definition) is 1. The summed E-state index contributed by atoms with van der Waals surface area (Å²) in [4.78, 5) is 15.2. The standard InChI is InChI=1S/C13H15NO2/c1-2-10(13(15)16)7-9-5-6-14-12(8-9)11-3-4-11/h5-8,11H,2-4H2,1H3,(H,15,16). The van der Waals surface area contributed by atoms with E-state index in [1.807, 2.05) is 19.1 Å². The fourth-order valence-electron chi connectivity index (χ4n) is 1.67. The molecule has 84 valence electrons. The molecule has 0 aliphatic heterocycles. The van der Waals surface area contributed by atoms with E-state index in [0.29, 0.717) is 17.9 Å². The predicted octanol–water partition coefficient (Wildman–Crippen LogP) is 2.84. The third kappa shape index (κ3) is 2.48. The van der Waals surface area contributed by atoms with Gasteiger partial charge in [-0.15, -0.1) is 0 Å². The summed E-state index contributed by atoms with van der Waals surface area (Å²) in [6, 6.07) is 3.85. The molecule has 0 aromatic carbocycles. The van der Waals surface area contributed by atoms with Crippen LogP contribution >= 0.6 is 0 Å². The van der Waals surface area contributed by atoms with Crippen molar-refractivity contribution in [3.8, 4) is 0 Å². The number of aromatic nitrogens is 1. The summed E-state index contributed by atoms with van der Waals surface area (Å²) in [5, 5.41) is 8.94. The number of carboxylic acid groups (broad SMARTS) is 1. The monoisotopic (exact) mass is 217 g/mol. The Morgan fingerprint density at radius 1 is 1.62 bits per heavy atom. The summed E-state index contributed by atoms with van der Waals surface area (Å²) in [5.41, 5.74) is 2.47. The van der Waals surface area contributed by atoms with Gasteiger partial charge in [0.05, 0.1) is 0 Å². The fraction of sp³-hybridized carbons (Fsp3) is 0.385. The van der Waals surface area contributed by atoms with Crippen molar-refractivity contribution in [3.63, 3.8) is 0 Å². The molecule has 1 fully saturated rings. The van der Waals surface area contributed by atoms with Gasteiger partial charge in [0.25, 0.3) is 0 Å². The van der Waals surface area contributed by atoms with Gasteiger partial charge < -0.3 is 5.11 Å². The van der Waals surface area contributed by atoms with Crippen LogP contribution in [0.2, 0.25) is 0 Å². The minimum atomic E-state index is -0.840. The Hall–Kier alpha value is -1.64. The highest BCUT2D eigenvalue weighted by Crippen LogP contribution is 2.39. The van der Waals surface area contributed by atoms with E-state index in [0.717, 1.165) is 11.3 Å². The van der Waals surface area contributed by atoms with Crippen molar-refractivity contribution in [1.82, 2.24) is 4.98 Å². The second-order valence-corrected chi connectivity index (χ2v) is 4.12. The smallest absolute Gasteiger partial charge is 0.331 e. The molecule has 16 heavy (non-hydrogen) atoms. The maximum atomic E-state index is 10.9. The molecular formula is C13H15NO2. The minimum Gasteiger partial charge on any atom is -0.478 e. The Balaban J connectivity index is 2.25. The number of hydrogen-bond acceptors (Lipinski definition) is 2. The summed E-state index contributed by atoms with van der Waals surface area (Å²) in [7, 11) is 0. The highest BCUT2D eigenvalue weighted by Gasteiger charge is 2.24. The molecule has 1 aliphatic rings. The zero-order chi connectivity index (χ0) is 11.5. The molecular weight excluding hydrogens is 202 g/mol. The average molecular weight is 217 g/mol. The van der Waals surface area contributed by atoms with E-state index in [1.165, 1.54) is 12.8 Å². The van der Waals surface area contributed by atoms with Crippen LogP contribution in [0, 0.1) is 0 Å². The summed E-state index contributed by atoms with van der Waals surface area (Å²) in [6.45, 7) is 1.85. The van der Waals surface area contributed by atoms with E-state index in [4.69, 9.17) is 5.11 Å². The van der Waals surface area contributed by atoms with Gasteiger partial charge in [0, 0.05) is 23.4 Å². The molecule has 1 saturated carbocycles. The third-order valence-corrected chi connectivity index (χ3v) is 2.80. The Morgan fingerprint density at radius 2 is 2.38 bits per heavy atom. The first kappa shape index (κ1) is 10.9. The fourth-order valence-corrected chi connectivity index (χ4v) is 1.67. The minimum absolute atomic E-state index is 0.438. The lowest BCUT2D eigenvalue weighted by molar-refractivity contribution is -0.132. The van der Waals surface area contributed by atoms with Gasteiger partial charge in [-0.05, 0) is 43.0 Å². The van der Waals surface area contributed by atoms with Crippen molar-refractivity contribution < 1.29 is 9.90 Å². The van der Waals surface area contributed by atoms with Gasteiger partial charge in [0.1, 0.15) is 0 Å². The zero-order valence-corrected chi connectivity index (χ0v) is 9.31. The molecule has 0 amide bonds. The van der Waals surface area contributed by atoms with E-state index in [1.54, 1.807) is 12.3 Å². The quantitative estimate of drug-likeness (QED) is 0.789. The average Bonchev–Trinajstić information content (AvgIpc) is 3.09. The highest BCUT2D eigenvalue weighted by molar-refractivity contribution is 5.92. The number of rotatable bonds is 4. The largest absolute Gasteiger partial charge is 0.478 e. The Kier molecular flexibility index (Phi) is 3.04. The van der Waals surface area contributed by atoms with Crippen LogP contribution in [0.3, 0.4) is 0 Å². The lowest BCUT2D eigenvalue weighted by atomic mass is 10.1. The Bertz CT molecular complexity index is 433. The van der Waals surface area contributed by atoms with Crippen molar-refractivity contribution in [2.45, 2.75) is 32.1 Å². The topological polar surface area (TPSA) is 50.2 Å². The maximum absolute atomic E-state index is 10.9. The number of carboxylic acids is 1. The lowest BCUT2D eigenvalue weighted by Crippen LogP contribution is -1.99. The zero-order valence-electron chi connectivity index (χ0n) is 9.31. The van der Waals surface area contributed by atoms with Crippen LogP contribution in [-0.2, 0) is 4.79 Å². The van der Waals surface area contributed by atoms with E-state index in [9.17, 15) is 4.79 Å². The number of pyridine rings is 1. The SMILES string of the molecule is CCC(=Cc1ccnc(C2CC2)c1)C(=O)O. The Morgan fingerprint density at radius 3 is 2.94 bits per heavy atom. The molecule has 1 N–H and O–H groups in total. The first-order valence-electron chi connectivity index (χ1n) is 5.60. The van der Waals surface area contributed by atoms with E-state index in [2.05, 4.69) is 4.98 Å². The van der Waals surface area contributed by atoms with Crippen LogP contribution in [0.1, 0.15) is 43.4 Å². The second-order valence-electron chi connectivity index (χ2n) is 4.12. The van der Waals surface area contributed by atoms with Crippen LogP contribution < -0.4 is 0 Å². The molecule has 1 aliphatic carbocycles. The van der Waals surface area contributed by atoms with Crippen molar-refractivity contribution in [1.29, 1.82) is 0 Å². The maximum Gasteiger partial charge on any atom is 0.331 e. The van der Waals surface area contributed by atoms with Crippen LogP contribution in [0.25, 0.3) is 6.08 Å². The van der Waals surface area contributed by atoms with Gasteiger partial charge in [-0.2, -0.15) is 0 Å². The highest BCUT2D eigenvalue weighted by atomic mass is 16.4. The van der Waals surface area contributed by atoms with Gasteiger partial charge in [-0.25, -0.2) is 4.79 Å². The van der Waals surface area contributed by atoms with E-state index in [-0.39, 0.29) is 0 Å². The second kappa shape index (κ2) is 4.47. The molecule has 1 aromatic rings. The van der Waals surface area contributed by atoms with Gasteiger partial charge in [0.2, 0.25) is 0 Å². The van der Waals surface area contributed by atoms with Gasteiger partial charge in [-0.1, -0.05) is 6.92 Å². The molecule has 0 bridgehead atoms. The van der Waals surface area contributed by atoms with Gasteiger partial charge in [0.15, 0.2) is 0 Å². The summed E-state index contributed by atoms with van der Waals surface area (Å²) in [5.74, 6) is -0.240. The lowest BCUT2D eigenvalue weighted by Gasteiger charge is -2.01. The van der Waals surface area contributed by atoms with Gasteiger partial charge >= 0.3 is 5.97 Å². The predicted molar refractivity (Wildman–Crippen MR) is 62.1 cm³/mol. The molecule has 3 heteroatoms. The Labute approximate surface area is 94.8 Å². The number of carbonyl (C=O) groups is 1. The molecule has 1 heterocycles. The van der Waals surface area contributed by atoms with Crippen molar-refractivity contribution in [2.75, 3.05) is 0 Å². The van der Waals surface area contributed by atoms with Crippen LogP contribution in [0.4, 0.5) is 0 Å². The number of aliphatic carboxylic acids is 1. The van der Waals surface area contributed by atoms with Gasteiger partial charge in [-0.3, -0.25) is 4.98 Å². The third-order valence-electron chi connectivity index (χ3n) is 2.80. The van der Waals surface area contributed by atoms with E-state index < -0.39 is 5.97 Å². The molecule has 0 saturated heterocycles. The molecule has 0 unspecified atom stereocenters. The molecule has 0 radical (unpaired) electrons. The molecule has 0 spiro atoms.